The highest BCUT2D eigenvalue weighted by molar-refractivity contribution is 8.22. The molecule has 6 N–H and O–H groups in total. The van der Waals surface area contributed by atoms with Crippen LogP contribution in [0.5, 0.6) is 0 Å². The third-order valence-electron chi connectivity index (χ3n) is 2.18. The second-order valence-electron chi connectivity index (χ2n) is 3.61. The van der Waals surface area contributed by atoms with Crippen LogP contribution in [0.3, 0.4) is 0 Å². The molecule has 0 spiro atoms. The van der Waals surface area contributed by atoms with Gasteiger partial charge in [0.1, 0.15) is 11.4 Å². The van der Waals surface area contributed by atoms with E-state index in [9.17, 15) is 0 Å². The van der Waals surface area contributed by atoms with E-state index < -0.39 is 0 Å². The van der Waals surface area contributed by atoms with E-state index in [1.165, 1.54) is 23.5 Å². The summed E-state index contributed by atoms with van der Waals surface area (Å²) in [4.78, 5) is 4.29. The number of rotatable bonds is 4. The summed E-state index contributed by atoms with van der Waals surface area (Å²) in [5.41, 5.74) is 17.9. The molecular formula is C11H15N7S4. The molecule has 7 nitrogen and oxygen atoms in total. The van der Waals surface area contributed by atoms with Crippen LogP contribution in [-0.2, 0) is 0 Å². The molecular weight excluding hydrogens is 358 g/mol. The number of nitrogens with zero attached hydrogens (tertiary/aromatic N) is 3. The van der Waals surface area contributed by atoms with Crippen LogP contribution >= 0.6 is 48.0 Å². The van der Waals surface area contributed by atoms with Gasteiger partial charge in [0, 0.05) is 0 Å². The topological polar surface area (TPSA) is 114 Å². The van der Waals surface area contributed by atoms with Gasteiger partial charge in [0.25, 0.3) is 0 Å². The molecule has 118 valence electrons. The molecule has 0 amide bonds. The lowest BCUT2D eigenvalue weighted by Crippen LogP contribution is -2.25. The van der Waals surface area contributed by atoms with Gasteiger partial charge in [-0.15, -0.1) is 0 Å². The van der Waals surface area contributed by atoms with Gasteiger partial charge in [-0.1, -0.05) is 54.0 Å². The van der Waals surface area contributed by atoms with E-state index in [4.69, 9.17) is 35.9 Å². The first-order valence-electron chi connectivity index (χ1n) is 5.80. The summed E-state index contributed by atoms with van der Waals surface area (Å²) in [6.45, 7) is 0. The van der Waals surface area contributed by atoms with Crippen LogP contribution in [-0.4, -0.2) is 37.8 Å². The number of pyridine rings is 1. The summed E-state index contributed by atoms with van der Waals surface area (Å²) in [6, 6.07) is 5.17. The van der Waals surface area contributed by atoms with Gasteiger partial charge in [-0.25, -0.2) is 4.98 Å². The van der Waals surface area contributed by atoms with Crippen LogP contribution < -0.4 is 22.3 Å². The summed E-state index contributed by atoms with van der Waals surface area (Å²) >= 11 is 12.7. The van der Waals surface area contributed by atoms with Crippen molar-refractivity contribution in [2.24, 2.45) is 21.7 Å². The molecule has 11 heteroatoms. The Morgan fingerprint density at radius 2 is 1.41 bits per heavy atom. The Kier molecular flexibility index (Phi) is 8.09. The van der Waals surface area contributed by atoms with Crippen LogP contribution in [0.15, 0.2) is 28.4 Å². The molecule has 0 bridgehead atoms. The molecule has 0 saturated carbocycles. The summed E-state index contributed by atoms with van der Waals surface area (Å²) in [5, 5.41) is 7.91. The Balaban J connectivity index is 2.89. The Morgan fingerprint density at radius 3 is 1.77 bits per heavy atom. The van der Waals surface area contributed by atoms with Crippen molar-refractivity contribution in [1.82, 2.24) is 15.8 Å². The zero-order chi connectivity index (χ0) is 16.5. The zero-order valence-corrected chi connectivity index (χ0v) is 15.1. The lowest BCUT2D eigenvalue weighted by molar-refractivity contribution is 1.04. The van der Waals surface area contributed by atoms with Gasteiger partial charge in [0.15, 0.2) is 20.3 Å². The second-order valence-corrected chi connectivity index (χ2v) is 6.58. The molecule has 1 aromatic rings. The van der Waals surface area contributed by atoms with Crippen molar-refractivity contribution in [1.29, 1.82) is 0 Å². The van der Waals surface area contributed by atoms with E-state index in [-0.39, 0.29) is 11.7 Å². The van der Waals surface area contributed by atoms with E-state index in [0.29, 0.717) is 20.0 Å². The highest BCUT2D eigenvalue weighted by Crippen LogP contribution is 2.01. The third kappa shape index (κ3) is 6.13. The fraction of sp³-hybridized carbons (Fsp3) is 0.182. The number of amidine groups is 2. The molecule has 0 atom stereocenters. The number of nitrogens with two attached hydrogens (primary N) is 2. The quantitative estimate of drug-likeness (QED) is 0.263. The molecule has 1 heterocycles. The van der Waals surface area contributed by atoms with Crippen molar-refractivity contribution in [3.8, 4) is 0 Å². The fourth-order valence-corrected chi connectivity index (χ4v) is 1.50. The zero-order valence-electron chi connectivity index (χ0n) is 11.9. The lowest BCUT2D eigenvalue weighted by atomic mass is 10.3. The van der Waals surface area contributed by atoms with Crippen molar-refractivity contribution in [3.63, 3.8) is 0 Å². The normalized spacial score (nSPS) is 11.9. The van der Waals surface area contributed by atoms with Gasteiger partial charge >= 0.3 is 0 Å². The Bertz CT molecular complexity index is 565. The standard InChI is InChI=1S/C11H15N7S4/c1-21-10(19)17-15-8(12)6-4-3-5-7(14-6)9(13)16-18-11(20)22-2/h3-5H,1-2H3,(H2,12,15)(H2,13,16)(H,17,19)(H,18,20). The summed E-state index contributed by atoms with van der Waals surface area (Å²) in [6.07, 6.45) is 3.67. The second kappa shape index (κ2) is 9.56. The van der Waals surface area contributed by atoms with Gasteiger partial charge in [0.2, 0.25) is 0 Å². The van der Waals surface area contributed by atoms with Crippen molar-refractivity contribution >= 4 is 68.3 Å². The number of hydrogen-bond donors (Lipinski definition) is 4. The molecule has 0 aliphatic heterocycles. The predicted octanol–water partition coefficient (Wildman–Crippen LogP) is 0.797. The smallest absolute Gasteiger partial charge is 0.169 e. The number of aromatic nitrogens is 1. The maximum absolute atomic E-state index is 5.85. The first kappa shape index (κ1) is 18.6. The SMILES string of the molecule is CSC(=S)N/N=C(\N)c1cccc(/C(N)=N/NC(=S)SC)n1. The molecule has 0 aromatic carbocycles. The monoisotopic (exact) mass is 373 g/mol. The van der Waals surface area contributed by atoms with E-state index in [1.807, 2.05) is 12.5 Å². The van der Waals surface area contributed by atoms with Crippen molar-refractivity contribution in [3.05, 3.63) is 29.6 Å². The number of thioether (sulfide) groups is 2. The first-order valence-corrected chi connectivity index (χ1v) is 9.06. The van der Waals surface area contributed by atoms with E-state index >= 15 is 0 Å². The average Bonchev–Trinajstić information content (AvgIpc) is 2.56. The molecule has 0 aliphatic carbocycles. The highest BCUT2D eigenvalue weighted by atomic mass is 32.2. The molecule has 0 radical (unpaired) electrons. The molecule has 0 unspecified atom stereocenters. The van der Waals surface area contributed by atoms with Crippen molar-refractivity contribution in [2.45, 2.75) is 0 Å². The minimum atomic E-state index is 0.193. The van der Waals surface area contributed by atoms with Crippen LogP contribution in [0.25, 0.3) is 0 Å². The maximum Gasteiger partial charge on any atom is 0.169 e. The van der Waals surface area contributed by atoms with Crippen LogP contribution in [0.1, 0.15) is 11.4 Å². The van der Waals surface area contributed by atoms with E-state index in [1.54, 1.807) is 18.2 Å². The van der Waals surface area contributed by atoms with Gasteiger partial charge in [-0.2, -0.15) is 10.2 Å². The summed E-state index contributed by atoms with van der Waals surface area (Å²) in [5.74, 6) is 0.386. The number of nitrogens with one attached hydrogen (secondary N) is 2. The van der Waals surface area contributed by atoms with Gasteiger partial charge < -0.3 is 11.5 Å². The molecule has 1 rings (SSSR count). The van der Waals surface area contributed by atoms with E-state index in [2.05, 4.69) is 26.0 Å². The van der Waals surface area contributed by atoms with Gasteiger partial charge in [0.05, 0.1) is 0 Å². The average molecular weight is 374 g/mol. The molecule has 0 fully saturated rings. The predicted molar refractivity (Wildman–Crippen MR) is 104 cm³/mol. The Morgan fingerprint density at radius 1 is 1.00 bits per heavy atom. The van der Waals surface area contributed by atoms with Crippen molar-refractivity contribution in [2.75, 3.05) is 12.5 Å². The minimum Gasteiger partial charge on any atom is -0.380 e. The summed E-state index contributed by atoms with van der Waals surface area (Å²) in [7, 11) is 0. The van der Waals surface area contributed by atoms with Crippen LogP contribution in [0.4, 0.5) is 0 Å². The molecule has 22 heavy (non-hydrogen) atoms. The maximum atomic E-state index is 5.85. The Labute approximate surface area is 147 Å². The van der Waals surface area contributed by atoms with Gasteiger partial charge in [-0.3, -0.25) is 10.9 Å². The largest absolute Gasteiger partial charge is 0.380 e. The highest BCUT2D eigenvalue weighted by Gasteiger charge is 2.06. The van der Waals surface area contributed by atoms with Crippen molar-refractivity contribution < 1.29 is 0 Å². The number of hydrazone groups is 2. The molecule has 0 aliphatic rings. The summed E-state index contributed by atoms with van der Waals surface area (Å²) < 4.78 is 1.02. The van der Waals surface area contributed by atoms with Gasteiger partial charge in [-0.05, 0) is 24.6 Å². The van der Waals surface area contributed by atoms with Crippen LogP contribution in [0.2, 0.25) is 0 Å². The minimum absolute atomic E-state index is 0.193. The number of thiocarbonyl (C=S) groups is 2. The molecule has 0 saturated heterocycles. The van der Waals surface area contributed by atoms with Crippen LogP contribution in [0, 0.1) is 0 Å². The Hall–Kier alpha value is -1.43. The van der Waals surface area contributed by atoms with E-state index in [0.717, 1.165) is 0 Å². The number of hydrogen-bond acceptors (Lipinski definition) is 7. The lowest BCUT2D eigenvalue weighted by Gasteiger charge is -2.05. The molecule has 1 aromatic heterocycles. The third-order valence-corrected chi connectivity index (χ3v) is 4.29. The first-order chi connectivity index (χ1) is 10.5. The fourth-order valence-electron chi connectivity index (χ4n) is 1.14.